The number of alkyl halides is 1. The van der Waals surface area contributed by atoms with E-state index >= 15 is 0 Å². The number of ether oxygens (including phenoxy) is 2. The molecule has 0 aliphatic carbocycles. The number of nitrogens with zero attached hydrogens (tertiary/aromatic N) is 1. The number of aliphatic hydroxyl groups is 2. The molecule has 21 heavy (non-hydrogen) atoms. The SMILES string of the molecule is COC(CCl)c1cn([C@H]2C[C@H](O)[C@@H](CO)O2)c(=O)[nH]c1=O. The maximum Gasteiger partial charge on any atom is 0.330 e. The largest absolute Gasteiger partial charge is 0.394 e. The second-order valence-electron chi connectivity index (χ2n) is 4.74. The summed E-state index contributed by atoms with van der Waals surface area (Å²) < 4.78 is 11.6. The predicted octanol–water partition coefficient (Wildman–Crippen LogP) is -0.896. The van der Waals surface area contributed by atoms with Crippen molar-refractivity contribution in [1.29, 1.82) is 0 Å². The molecule has 1 aromatic heterocycles. The predicted molar refractivity (Wildman–Crippen MR) is 73.4 cm³/mol. The molecule has 0 spiro atoms. The van der Waals surface area contributed by atoms with Crippen LogP contribution >= 0.6 is 11.6 Å². The van der Waals surface area contributed by atoms with Gasteiger partial charge in [-0.3, -0.25) is 14.3 Å². The molecule has 9 heteroatoms. The van der Waals surface area contributed by atoms with E-state index in [9.17, 15) is 14.7 Å². The molecule has 8 nitrogen and oxygen atoms in total. The number of aliphatic hydroxyl groups excluding tert-OH is 2. The van der Waals surface area contributed by atoms with Crippen molar-refractivity contribution in [3.05, 3.63) is 32.6 Å². The summed E-state index contributed by atoms with van der Waals surface area (Å²) in [5.74, 6) is 0.0468. The van der Waals surface area contributed by atoms with Crippen LogP contribution in [0.15, 0.2) is 15.8 Å². The Kier molecular flexibility index (Phi) is 5.17. The van der Waals surface area contributed by atoms with E-state index in [0.717, 1.165) is 4.57 Å². The average Bonchev–Trinajstić information content (AvgIpc) is 2.83. The second kappa shape index (κ2) is 6.71. The first-order valence-corrected chi connectivity index (χ1v) is 6.93. The Bertz CT molecular complexity index is 596. The van der Waals surface area contributed by atoms with Crippen LogP contribution in [0.1, 0.15) is 24.3 Å². The highest BCUT2D eigenvalue weighted by molar-refractivity contribution is 6.18. The first-order valence-electron chi connectivity index (χ1n) is 6.40. The van der Waals surface area contributed by atoms with Crippen LogP contribution in [0.4, 0.5) is 0 Å². The molecule has 118 valence electrons. The van der Waals surface area contributed by atoms with Crippen molar-refractivity contribution in [1.82, 2.24) is 9.55 Å². The lowest BCUT2D eigenvalue weighted by Crippen LogP contribution is -2.35. The van der Waals surface area contributed by atoms with Crippen LogP contribution in [0.25, 0.3) is 0 Å². The molecule has 0 radical (unpaired) electrons. The van der Waals surface area contributed by atoms with Crippen LogP contribution in [0.3, 0.4) is 0 Å². The monoisotopic (exact) mass is 320 g/mol. The van der Waals surface area contributed by atoms with E-state index in [4.69, 9.17) is 26.2 Å². The molecule has 1 aliphatic rings. The zero-order valence-corrected chi connectivity index (χ0v) is 12.1. The second-order valence-corrected chi connectivity index (χ2v) is 5.05. The maximum absolute atomic E-state index is 11.9. The molecule has 3 N–H and O–H groups in total. The van der Waals surface area contributed by atoms with Gasteiger partial charge in [0.15, 0.2) is 0 Å². The number of hydrogen-bond acceptors (Lipinski definition) is 6. The number of rotatable bonds is 5. The molecule has 1 aromatic rings. The quantitative estimate of drug-likeness (QED) is 0.606. The van der Waals surface area contributed by atoms with Gasteiger partial charge in [-0.1, -0.05) is 0 Å². The molecule has 0 aromatic carbocycles. The van der Waals surface area contributed by atoms with Crippen LogP contribution in [0, 0.1) is 0 Å². The molecular formula is C12H17ClN2O6. The minimum Gasteiger partial charge on any atom is -0.394 e. The summed E-state index contributed by atoms with van der Waals surface area (Å²) in [6.45, 7) is -0.356. The van der Waals surface area contributed by atoms with E-state index in [1.807, 2.05) is 0 Å². The number of aromatic amines is 1. The Balaban J connectivity index is 2.39. The lowest BCUT2D eigenvalue weighted by molar-refractivity contribution is -0.0461. The number of methoxy groups -OCH3 is 1. The third kappa shape index (κ3) is 3.19. The summed E-state index contributed by atoms with van der Waals surface area (Å²) in [5.41, 5.74) is -1.05. The van der Waals surface area contributed by atoms with Crippen LogP contribution in [0.2, 0.25) is 0 Å². The summed E-state index contributed by atoms with van der Waals surface area (Å²) in [6, 6.07) is 0. The molecule has 2 rings (SSSR count). The highest BCUT2D eigenvalue weighted by Crippen LogP contribution is 2.27. The Hall–Kier alpha value is -1.19. The third-order valence-corrected chi connectivity index (χ3v) is 3.74. The molecule has 0 amide bonds. The van der Waals surface area contributed by atoms with Crippen LogP contribution in [0.5, 0.6) is 0 Å². The van der Waals surface area contributed by atoms with Gasteiger partial charge in [0, 0.05) is 19.7 Å². The van der Waals surface area contributed by atoms with Crippen molar-refractivity contribution in [3.63, 3.8) is 0 Å². The van der Waals surface area contributed by atoms with Gasteiger partial charge in [0.1, 0.15) is 18.4 Å². The highest BCUT2D eigenvalue weighted by Gasteiger charge is 2.35. The summed E-state index contributed by atoms with van der Waals surface area (Å²) in [5, 5.41) is 18.8. The number of H-pyrrole nitrogens is 1. The van der Waals surface area contributed by atoms with Gasteiger partial charge in [-0.2, -0.15) is 0 Å². The molecule has 1 aliphatic heterocycles. The van der Waals surface area contributed by atoms with E-state index in [1.54, 1.807) is 0 Å². The normalized spacial score (nSPS) is 27.0. The Labute approximate surface area is 124 Å². The van der Waals surface area contributed by atoms with E-state index in [-0.39, 0.29) is 24.5 Å². The topological polar surface area (TPSA) is 114 Å². The van der Waals surface area contributed by atoms with Crippen LogP contribution in [-0.2, 0) is 9.47 Å². The fraction of sp³-hybridized carbons (Fsp3) is 0.667. The average molecular weight is 321 g/mol. The van der Waals surface area contributed by atoms with Crippen molar-refractivity contribution in [2.75, 3.05) is 19.6 Å². The van der Waals surface area contributed by atoms with Crippen molar-refractivity contribution >= 4 is 11.6 Å². The molecule has 2 heterocycles. The summed E-state index contributed by atoms with van der Waals surface area (Å²) in [4.78, 5) is 25.9. The summed E-state index contributed by atoms with van der Waals surface area (Å²) in [7, 11) is 1.40. The number of aromatic nitrogens is 2. The van der Waals surface area contributed by atoms with Gasteiger partial charge in [0.05, 0.1) is 24.2 Å². The van der Waals surface area contributed by atoms with Crippen molar-refractivity contribution in [2.45, 2.75) is 31.0 Å². The fourth-order valence-corrected chi connectivity index (χ4v) is 2.56. The van der Waals surface area contributed by atoms with Gasteiger partial charge in [-0.05, 0) is 0 Å². The Morgan fingerprint density at radius 1 is 1.62 bits per heavy atom. The smallest absolute Gasteiger partial charge is 0.330 e. The van der Waals surface area contributed by atoms with Crippen molar-refractivity contribution < 1.29 is 19.7 Å². The zero-order chi connectivity index (χ0) is 15.6. The molecule has 1 saturated heterocycles. The summed E-state index contributed by atoms with van der Waals surface area (Å²) >= 11 is 5.73. The van der Waals surface area contributed by atoms with E-state index in [0.29, 0.717) is 0 Å². The standard InChI is InChI=1S/C12H17ClN2O6/c1-20-8(3-13)6-4-15(12(19)14-11(6)18)10-2-7(17)9(5-16)21-10/h4,7-10,16-17H,2-3,5H2,1H3,(H,14,18,19)/t7-,8?,9+,10+/m0/s1. The molecule has 0 saturated carbocycles. The minimum absolute atomic E-state index is 0.0468. The van der Waals surface area contributed by atoms with Gasteiger partial charge < -0.3 is 19.7 Å². The first kappa shape index (κ1) is 16.2. The van der Waals surface area contributed by atoms with E-state index in [1.165, 1.54) is 13.3 Å². The van der Waals surface area contributed by atoms with Crippen molar-refractivity contribution in [2.24, 2.45) is 0 Å². The Morgan fingerprint density at radius 2 is 2.33 bits per heavy atom. The van der Waals surface area contributed by atoms with E-state index < -0.39 is 35.8 Å². The minimum atomic E-state index is -0.881. The van der Waals surface area contributed by atoms with Crippen LogP contribution < -0.4 is 11.2 Å². The van der Waals surface area contributed by atoms with Crippen LogP contribution in [-0.4, -0.2) is 51.6 Å². The number of nitrogens with one attached hydrogen (secondary N) is 1. The zero-order valence-electron chi connectivity index (χ0n) is 11.4. The third-order valence-electron chi connectivity index (χ3n) is 3.46. The van der Waals surface area contributed by atoms with Gasteiger partial charge >= 0.3 is 5.69 Å². The lowest BCUT2D eigenvalue weighted by atomic mass is 10.2. The summed E-state index contributed by atoms with van der Waals surface area (Å²) in [6.07, 6.45) is -1.63. The molecule has 0 bridgehead atoms. The lowest BCUT2D eigenvalue weighted by Gasteiger charge is -2.17. The first-order chi connectivity index (χ1) is 10.0. The van der Waals surface area contributed by atoms with Gasteiger partial charge in [-0.15, -0.1) is 11.6 Å². The number of halogens is 1. The van der Waals surface area contributed by atoms with Gasteiger partial charge in [0.2, 0.25) is 0 Å². The molecular weight excluding hydrogens is 304 g/mol. The molecule has 4 atom stereocenters. The van der Waals surface area contributed by atoms with Gasteiger partial charge in [0.25, 0.3) is 5.56 Å². The van der Waals surface area contributed by atoms with Crippen molar-refractivity contribution in [3.8, 4) is 0 Å². The fourth-order valence-electron chi connectivity index (χ4n) is 2.27. The highest BCUT2D eigenvalue weighted by atomic mass is 35.5. The molecule has 1 fully saturated rings. The molecule has 1 unspecified atom stereocenters. The number of hydrogen-bond donors (Lipinski definition) is 3. The van der Waals surface area contributed by atoms with Gasteiger partial charge in [-0.25, -0.2) is 4.79 Å². The van der Waals surface area contributed by atoms with E-state index in [2.05, 4.69) is 4.98 Å². The Morgan fingerprint density at radius 3 is 2.86 bits per heavy atom. The maximum atomic E-state index is 11.9.